The van der Waals surface area contributed by atoms with Crippen molar-refractivity contribution in [3.05, 3.63) is 47.2 Å². The SMILES string of the molecule is COc1ccc(S(=O)(=O)N(CC(=O)NC(C(C)C)C(C)C)c2ccc(F)c(Cl)c2)cc1OC. The second kappa shape index (κ2) is 11.1. The normalized spacial score (nSPS) is 11.7. The van der Waals surface area contributed by atoms with E-state index < -0.39 is 28.3 Å². The standard InChI is InChI=1S/C23H30ClFN2O5S/c1-14(2)23(15(3)4)26-22(28)13-27(16-7-9-19(25)18(24)11-16)33(29,30)17-8-10-20(31-5)21(12-17)32-6/h7-12,14-15,23H,13H2,1-6H3,(H,26,28). The molecule has 0 radical (unpaired) electrons. The first-order valence-corrected chi connectivity index (χ1v) is 12.2. The van der Waals surface area contributed by atoms with Crippen LogP contribution in [0.15, 0.2) is 41.3 Å². The second-order valence-electron chi connectivity index (χ2n) is 8.21. The summed E-state index contributed by atoms with van der Waals surface area (Å²) in [6, 6.07) is 7.43. The molecule has 2 aromatic carbocycles. The summed E-state index contributed by atoms with van der Waals surface area (Å²) in [4.78, 5) is 12.8. The van der Waals surface area contributed by atoms with E-state index in [1.807, 2.05) is 27.7 Å². The Kier molecular flexibility index (Phi) is 8.97. The average molecular weight is 501 g/mol. The first kappa shape index (κ1) is 26.7. The van der Waals surface area contributed by atoms with Crippen molar-refractivity contribution in [3.63, 3.8) is 0 Å². The van der Waals surface area contributed by atoms with Gasteiger partial charge >= 0.3 is 0 Å². The Morgan fingerprint density at radius 1 is 1.03 bits per heavy atom. The largest absolute Gasteiger partial charge is 0.493 e. The molecule has 0 spiro atoms. The molecular formula is C23H30ClFN2O5S. The number of anilines is 1. The van der Waals surface area contributed by atoms with Gasteiger partial charge in [0.2, 0.25) is 5.91 Å². The predicted molar refractivity (Wildman–Crippen MR) is 127 cm³/mol. The number of methoxy groups -OCH3 is 2. The van der Waals surface area contributed by atoms with Crippen LogP contribution in [-0.4, -0.2) is 41.1 Å². The highest BCUT2D eigenvalue weighted by molar-refractivity contribution is 7.92. The van der Waals surface area contributed by atoms with Gasteiger partial charge in [-0.15, -0.1) is 0 Å². The molecule has 7 nitrogen and oxygen atoms in total. The van der Waals surface area contributed by atoms with Gasteiger partial charge in [-0.2, -0.15) is 0 Å². The van der Waals surface area contributed by atoms with Gasteiger partial charge in [-0.1, -0.05) is 39.3 Å². The highest BCUT2D eigenvalue weighted by Crippen LogP contribution is 2.33. The molecule has 0 unspecified atom stereocenters. The lowest BCUT2D eigenvalue weighted by Gasteiger charge is -2.29. The van der Waals surface area contributed by atoms with Crippen LogP contribution < -0.4 is 19.1 Å². The highest BCUT2D eigenvalue weighted by Gasteiger charge is 2.30. The van der Waals surface area contributed by atoms with Crippen molar-refractivity contribution in [1.82, 2.24) is 5.32 Å². The van der Waals surface area contributed by atoms with Gasteiger partial charge in [-0.25, -0.2) is 12.8 Å². The number of sulfonamides is 1. The van der Waals surface area contributed by atoms with Crippen molar-refractivity contribution in [3.8, 4) is 11.5 Å². The minimum absolute atomic E-state index is 0.0528. The van der Waals surface area contributed by atoms with Gasteiger partial charge in [0, 0.05) is 12.1 Å². The zero-order valence-electron chi connectivity index (χ0n) is 19.6. The van der Waals surface area contributed by atoms with Gasteiger partial charge < -0.3 is 14.8 Å². The molecule has 0 bridgehead atoms. The number of ether oxygens (including phenoxy) is 2. The Morgan fingerprint density at radius 3 is 2.15 bits per heavy atom. The molecular weight excluding hydrogens is 471 g/mol. The minimum atomic E-state index is -4.26. The van der Waals surface area contributed by atoms with E-state index in [0.717, 1.165) is 10.4 Å². The third-order valence-corrected chi connectivity index (χ3v) is 7.24. The van der Waals surface area contributed by atoms with Crippen LogP contribution in [0.5, 0.6) is 11.5 Å². The number of rotatable bonds is 10. The Hall–Kier alpha value is -2.52. The minimum Gasteiger partial charge on any atom is -0.493 e. The van der Waals surface area contributed by atoms with E-state index in [0.29, 0.717) is 5.75 Å². The number of amides is 1. The summed E-state index contributed by atoms with van der Waals surface area (Å²) >= 11 is 5.91. The van der Waals surface area contributed by atoms with Crippen molar-refractivity contribution >= 4 is 33.2 Å². The smallest absolute Gasteiger partial charge is 0.264 e. The van der Waals surface area contributed by atoms with Gasteiger partial charge in [-0.05, 0) is 42.2 Å². The number of hydrogen-bond donors (Lipinski definition) is 1. The van der Waals surface area contributed by atoms with Crippen LogP contribution in [0, 0.1) is 17.7 Å². The number of nitrogens with one attached hydrogen (secondary N) is 1. The Morgan fingerprint density at radius 2 is 1.64 bits per heavy atom. The third kappa shape index (κ3) is 6.29. The van der Waals surface area contributed by atoms with Gasteiger partial charge in [0.15, 0.2) is 11.5 Å². The molecule has 10 heteroatoms. The van der Waals surface area contributed by atoms with Crippen LogP contribution in [0.25, 0.3) is 0 Å². The van der Waals surface area contributed by atoms with Gasteiger partial charge in [0.05, 0.1) is 29.8 Å². The van der Waals surface area contributed by atoms with E-state index >= 15 is 0 Å². The summed E-state index contributed by atoms with van der Waals surface area (Å²) in [6.07, 6.45) is 0. The highest BCUT2D eigenvalue weighted by atomic mass is 35.5. The second-order valence-corrected chi connectivity index (χ2v) is 10.5. The summed E-state index contributed by atoms with van der Waals surface area (Å²) in [5.41, 5.74) is 0.0528. The molecule has 0 aliphatic rings. The number of nitrogens with zero attached hydrogens (tertiary/aromatic N) is 1. The van der Waals surface area contributed by atoms with Crippen molar-refractivity contribution < 1.29 is 27.1 Å². The summed E-state index contributed by atoms with van der Waals surface area (Å²) in [7, 11) is -1.44. The molecule has 0 aliphatic carbocycles. The Bertz CT molecular complexity index is 1080. The third-order valence-electron chi connectivity index (χ3n) is 5.19. The van der Waals surface area contributed by atoms with E-state index in [4.69, 9.17) is 21.1 Å². The van der Waals surface area contributed by atoms with Crippen molar-refractivity contribution in [2.24, 2.45) is 11.8 Å². The van der Waals surface area contributed by atoms with Crippen LogP contribution in [0.3, 0.4) is 0 Å². The molecule has 0 heterocycles. The maximum atomic E-state index is 13.8. The lowest BCUT2D eigenvalue weighted by molar-refractivity contribution is -0.121. The molecule has 0 saturated heterocycles. The maximum Gasteiger partial charge on any atom is 0.264 e. The number of carbonyl (C=O) groups is 1. The molecule has 0 aromatic heterocycles. The van der Waals surface area contributed by atoms with Gasteiger partial charge in [-0.3, -0.25) is 9.10 Å². The molecule has 182 valence electrons. The van der Waals surface area contributed by atoms with E-state index in [1.165, 1.54) is 44.6 Å². The Balaban J connectivity index is 2.52. The van der Waals surface area contributed by atoms with Crippen molar-refractivity contribution in [2.45, 2.75) is 38.6 Å². The fourth-order valence-corrected chi connectivity index (χ4v) is 5.13. The molecule has 2 rings (SSSR count). The zero-order valence-corrected chi connectivity index (χ0v) is 21.1. The van der Waals surface area contributed by atoms with Crippen LogP contribution in [0.1, 0.15) is 27.7 Å². The fraction of sp³-hybridized carbons (Fsp3) is 0.435. The van der Waals surface area contributed by atoms with E-state index in [2.05, 4.69) is 5.32 Å². The number of carbonyl (C=O) groups excluding carboxylic acids is 1. The van der Waals surface area contributed by atoms with Crippen molar-refractivity contribution in [2.75, 3.05) is 25.1 Å². The zero-order chi connectivity index (χ0) is 24.9. The summed E-state index contributed by atoms with van der Waals surface area (Å²) in [5.74, 6) is -0.350. The van der Waals surface area contributed by atoms with E-state index in [9.17, 15) is 17.6 Å². The quantitative estimate of drug-likeness (QED) is 0.519. The van der Waals surface area contributed by atoms with Crippen LogP contribution in [0.4, 0.5) is 10.1 Å². The predicted octanol–water partition coefficient (Wildman–Crippen LogP) is 4.49. The van der Waals surface area contributed by atoms with E-state index in [-0.39, 0.29) is 39.2 Å². The van der Waals surface area contributed by atoms with Crippen LogP contribution in [0.2, 0.25) is 5.02 Å². The first-order valence-electron chi connectivity index (χ1n) is 10.4. The monoisotopic (exact) mass is 500 g/mol. The van der Waals surface area contributed by atoms with Crippen molar-refractivity contribution in [1.29, 1.82) is 0 Å². The Labute approximate surface area is 199 Å². The molecule has 0 atom stereocenters. The summed E-state index contributed by atoms with van der Waals surface area (Å²) in [5, 5.41) is 2.65. The first-order chi connectivity index (χ1) is 15.4. The van der Waals surface area contributed by atoms with Crippen LogP contribution >= 0.6 is 11.6 Å². The molecule has 0 fully saturated rings. The summed E-state index contributed by atoms with van der Waals surface area (Å²) < 4.78 is 52.3. The lowest BCUT2D eigenvalue weighted by atomic mass is 9.93. The maximum absolute atomic E-state index is 13.8. The summed E-state index contributed by atoms with van der Waals surface area (Å²) in [6.45, 7) is 7.38. The topological polar surface area (TPSA) is 84.9 Å². The molecule has 0 saturated carbocycles. The molecule has 1 amide bonds. The fourth-order valence-electron chi connectivity index (χ4n) is 3.52. The lowest BCUT2D eigenvalue weighted by Crippen LogP contribution is -2.47. The number of benzene rings is 2. The molecule has 2 aromatic rings. The van der Waals surface area contributed by atoms with Gasteiger partial charge in [0.1, 0.15) is 12.4 Å². The van der Waals surface area contributed by atoms with Gasteiger partial charge in [0.25, 0.3) is 10.0 Å². The number of hydrogen-bond acceptors (Lipinski definition) is 5. The molecule has 1 N–H and O–H groups in total. The van der Waals surface area contributed by atoms with Crippen LogP contribution in [-0.2, 0) is 14.8 Å². The molecule has 33 heavy (non-hydrogen) atoms. The average Bonchev–Trinajstić information content (AvgIpc) is 2.76. The number of halogens is 2. The van der Waals surface area contributed by atoms with E-state index in [1.54, 1.807) is 0 Å². The molecule has 0 aliphatic heterocycles.